The number of ketones is 1. The lowest BCUT2D eigenvalue weighted by molar-refractivity contribution is -0.118. The van der Waals surface area contributed by atoms with E-state index in [2.05, 4.69) is 29.6 Å². The molecule has 2 aromatic carbocycles. The summed E-state index contributed by atoms with van der Waals surface area (Å²) in [5.41, 5.74) is 3.46. The molecule has 7 heteroatoms. The highest BCUT2D eigenvalue weighted by molar-refractivity contribution is 6.08. The van der Waals surface area contributed by atoms with Gasteiger partial charge in [-0.3, -0.25) is 9.59 Å². The second-order valence-electron chi connectivity index (χ2n) is 9.31. The molecule has 2 heterocycles. The van der Waals surface area contributed by atoms with Crippen molar-refractivity contribution in [1.82, 2.24) is 9.78 Å². The molecule has 1 unspecified atom stereocenters. The number of Topliss-reactive ketones (excluding diaryl/α,β-unsaturated/α-hetero) is 1. The number of para-hydroxylation sites is 1. The molecule has 0 bridgehead atoms. The normalized spacial score (nSPS) is 18.8. The molecule has 168 valence electrons. The van der Waals surface area contributed by atoms with Gasteiger partial charge in [-0.2, -0.15) is 5.10 Å². The van der Waals surface area contributed by atoms with Crippen LogP contribution in [0.5, 0.6) is 5.75 Å². The molecule has 1 atom stereocenters. The van der Waals surface area contributed by atoms with Gasteiger partial charge >= 0.3 is 0 Å². The average Bonchev–Trinajstić information content (AvgIpc) is 3.21. The van der Waals surface area contributed by atoms with Crippen LogP contribution in [0.1, 0.15) is 48.7 Å². The van der Waals surface area contributed by atoms with E-state index in [1.54, 1.807) is 18.0 Å². The van der Waals surface area contributed by atoms with Crippen LogP contribution in [0, 0.1) is 5.41 Å². The number of aromatic nitrogens is 2. The molecule has 0 radical (unpaired) electrons. The predicted octanol–water partition coefficient (Wildman–Crippen LogP) is 4.80. The number of methoxy groups -OCH3 is 1. The second kappa shape index (κ2) is 7.92. The molecule has 33 heavy (non-hydrogen) atoms. The van der Waals surface area contributed by atoms with Crippen molar-refractivity contribution < 1.29 is 14.3 Å². The fourth-order valence-corrected chi connectivity index (χ4v) is 4.69. The van der Waals surface area contributed by atoms with E-state index in [1.165, 1.54) is 0 Å². The smallest absolute Gasteiger partial charge is 0.261 e. The minimum absolute atomic E-state index is 0.103. The summed E-state index contributed by atoms with van der Waals surface area (Å²) in [5.74, 6) is 1.18. The molecule has 1 aliphatic carbocycles. The van der Waals surface area contributed by atoms with Crippen molar-refractivity contribution in [2.45, 2.75) is 32.7 Å². The van der Waals surface area contributed by atoms with E-state index in [4.69, 9.17) is 4.74 Å². The van der Waals surface area contributed by atoms with Gasteiger partial charge in [0.15, 0.2) is 5.78 Å². The van der Waals surface area contributed by atoms with Crippen LogP contribution in [0.4, 0.5) is 11.5 Å². The van der Waals surface area contributed by atoms with Crippen LogP contribution < -0.4 is 15.4 Å². The number of benzene rings is 2. The van der Waals surface area contributed by atoms with E-state index in [0.717, 1.165) is 17.0 Å². The van der Waals surface area contributed by atoms with Crippen molar-refractivity contribution in [1.29, 1.82) is 0 Å². The Morgan fingerprint density at radius 3 is 2.55 bits per heavy atom. The monoisotopic (exact) mass is 442 g/mol. The molecule has 0 spiro atoms. The zero-order valence-corrected chi connectivity index (χ0v) is 18.9. The standard InChI is InChI=1S/C26H26N4O3/c1-26(2)13-20-22(21(31)14-26)23(16-9-11-18(33-3)12-10-16)30-24(29-20)19(15-27-30)25(32)28-17-7-5-4-6-8-17/h4-12,15,23,29H,13-14H2,1-3H3,(H,28,32). The first-order valence-electron chi connectivity index (χ1n) is 11.0. The van der Waals surface area contributed by atoms with Gasteiger partial charge in [0.1, 0.15) is 23.2 Å². The quantitative estimate of drug-likeness (QED) is 0.606. The van der Waals surface area contributed by atoms with Crippen LogP contribution in [0.25, 0.3) is 0 Å². The zero-order chi connectivity index (χ0) is 23.2. The van der Waals surface area contributed by atoms with Crippen molar-refractivity contribution in [2.75, 3.05) is 17.7 Å². The highest BCUT2D eigenvalue weighted by atomic mass is 16.5. The van der Waals surface area contributed by atoms with Crippen LogP contribution in [0.15, 0.2) is 72.1 Å². The molecule has 1 aliphatic heterocycles. The molecule has 2 aliphatic rings. The topological polar surface area (TPSA) is 85.2 Å². The van der Waals surface area contributed by atoms with Crippen LogP contribution in [-0.4, -0.2) is 28.6 Å². The lowest BCUT2D eigenvalue weighted by Gasteiger charge is -2.39. The first-order chi connectivity index (χ1) is 15.9. The minimum Gasteiger partial charge on any atom is -0.497 e. The van der Waals surface area contributed by atoms with Crippen molar-refractivity contribution in [3.05, 3.63) is 83.2 Å². The Balaban J connectivity index is 1.60. The molecule has 0 saturated carbocycles. The first kappa shape index (κ1) is 21.0. The summed E-state index contributed by atoms with van der Waals surface area (Å²) in [6, 6.07) is 16.5. The number of rotatable bonds is 4. The maximum atomic E-state index is 13.3. The Bertz CT molecular complexity index is 1260. The van der Waals surface area contributed by atoms with Crippen LogP contribution in [0.3, 0.4) is 0 Å². The molecule has 7 nitrogen and oxygen atoms in total. The zero-order valence-electron chi connectivity index (χ0n) is 18.9. The van der Waals surface area contributed by atoms with Gasteiger partial charge in [-0.15, -0.1) is 0 Å². The van der Waals surface area contributed by atoms with Crippen LogP contribution in [-0.2, 0) is 4.79 Å². The lowest BCUT2D eigenvalue weighted by Crippen LogP contribution is -2.36. The maximum absolute atomic E-state index is 13.3. The SMILES string of the molecule is COc1ccc(C2C3=C(CC(C)(C)CC3=O)Nc3c(C(=O)Nc4ccccc4)cnn32)cc1. The number of nitrogens with zero attached hydrogens (tertiary/aromatic N) is 2. The third-order valence-electron chi connectivity index (χ3n) is 6.21. The summed E-state index contributed by atoms with van der Waals surface area (Å²) < 4.78 is 7.05. The van der Waals surface area contributed by atoms with E-state index in [0.29, 0.717) is 35.5 Å². The van der Waals surface area contributed by atoms with E-state index < -0.39 is 6.04 Å². The average molecular weight is 443 g/mol. The van der Waals surface area contributed by atoms with Crippen molar-refractivity contribution in [3.8, 4) is 5.75 Å². The summed E-state index contributed by atoms with van der Waals surface area (Å²) in [6.45, 7) is 4.18. The highest BCUT2D eigenvalue weighted by Gasteiger charge is 2.42. The van der Waals surface area contributed by atoms with Gasteiger partial charge < -0.3 is 15.4 Å². The number of carbonyl (C=O) groups is 2. The Morgan fingerprint density at radius 2 is 1.85 bits per heavy atom. The predicted molar refractivity (Wildman–Crippen MR) is 126 cm³/mol. The van der Waals surface area contributed by atoms with Crippen LogP contribution >= 0.6 is 0 Å². The number of amides is 1. The largest absolute Gasteiger partial charge is 0.497 e. The van der Waals surface area contributed by atoms with Crippen molar-refractivity contribution in [2.24, 2.45) is 5.41 Å². The number of carbonyl (C=O) groups excluding carboxylic acids is 2. The number of ether oxygens (including phenoxy) is 1. The second-order valence-corrected chi connectivity index (χ2v) is 9.31. The van der Waals surface area contributed by atoms with E-state index in [1.807, 2.05) is 54.6 Å². The molecule has 0 fully saturated rings. The number of anilines is 2. The number of allylic oxidation sites excluding steroid dienone is 2. The summed E-state index contributed by atoms with van der Waals surface area (Å²) in [7, 11) is 1.62. The summed E-state index contributed by atoms with van der Waals surface area (Å²) in [4.78, 5) is 26.4. The third-order valence-corrected chi connectivity index (χ3v) is 6.21. The minimum atomic E-state index is -0.413. The first-order valence-corrected chi connectivity index (χ1v) is 11.0. The third kappa shape index (κ3) is 3.80. The fraction of sp³-hybridized carbons (Fsp3) is 0.269. The van der Waals surface area contributed by atoms with Gasteiger partial charge in [0.25, 0.3) is 5.91 Å². The Hall–Kier alpha value is -3.87. The van der Waals surface area contributed by atoms with Crippen molar-refractivity contribution >= 4 is 23.2 Å². The van der Waals surface area contributed by atoms with Crippen molar-refractivity contribution in [3.63, 3.8) is 0 Å². The van der Waals surface area contributed by atoms with Gasteiger partial charge in [-0.25, -0.2) is 4.68 Å². The molecule has 1 aromatic heterocycles. The highest BCUT2D eigenvalue weighted by Crippen LogP contribution is 2.46. The lowest BCUT2D eigenvalue weighted by atomic mass is 9.73. The van der Waals surface area contributed by atoms with Crippen LogP contribution in [0.2, 0.25) is 0 Å². The Kier molecular flexibility index (Phi) is 5.04. The number of nitrogens with one attached hydrogen (secondary N) is 2. The molecular formula is C26H26N4O3. The molecular weight excluding hydrogens is 416 g/mol. The summed E-state index contributed by atoms with van der Waals surface area (Å²) >= 11 is 0. The van der Waals surface area contributed by atoms with Gasteiger partial charge in [0.05, 0.1) is 13.3 Å². The Morgan fingerprint density at radius 1 is 1.12 bits per heavy atom. The van der Waals surface area contributed by atoms with E-state index in [9.17, 15) is 9.59 Å². The maximum Gasteiger partial charge on any atom is 0.261 e. The molecule has 1 amide bonds. The van der Waals surface area contributed by atoms with E-state index >= 15 is 0 Å². The molecule has 2 N–H and O–H groups in total. The summed E-state index contributed by atoms with van der Waals surface area (Å²) in [5, 5.41) is 10.9. The fourth-order valence-electron chi connectivity index (χ4n) is 4.69. The van der Waals surface area contributed by atoms with E-state index in [-0.39, 0.29) is 17.1 Å². The summed E-state index contributed by atoms with van der Waals surface area (Å²) in [6.07, 6.45) is 2.75. The van der Waals surface area contributed by atoms with Gasteiger partial charge in [-0.1, -0.05) is 44.2 Å². The van der Waals surface area contributed by atoms with Gasteiger partial charge in [0.2, 0.25) is 0 Å². The van der Waals surface area contributed by atoms with Gasteiger partial charge in [-0.05, 0) is 41.7 Å². The number of fused-ring (bicyclic) bond motifs is 1. The number of hydrogen-bond acceptors (Lipinski definition) is 5. The Labute approximate surface area is 192 Å². The van der Waals surface area contributed by atoms with Gasteiger partial charge in [0, 0.05) is 23.4 Å². The molecule has 3 aromatic rings. The molecule has 5 rings (SSSR count). The molecule has 0 saturated heterocycles. The number of hydrogen-bond donors (Lipinski definition) is 2.